The van der Waals surface area contributed by atoms with E-state index in [4.69, 9.17) is 10.00 Å². The van der Waals surface area contributed by atoms with Crippen LogP contribution < -0.4 is 10.2 Å². The molecule has 10 heteroatoms. The van der Waals surface area contributed by atoms with Gasteiger partial charge in [0.15, 0.2) is 6.61 Å². The lowest BCUT2D eigenvalue weighted by atomic mass is 10.1. The number of hydrogen-bond donors (Lipinski definition) is 1. The molecule has 0 radical (unpaired) electrons. The molecule has 3 rings (SSSR count). The summed E-state index contributed by atoms with van der Waals surface area (Å²) in [6, 6.07) is 11.6. The van der Waals surface area contributed by atoms with Crippen LogP contribution in [0.4, 0.5) is 17.1 Å². The quantitative estimate of drug-likeness (QED) is 0.439. The molecule has 0 unspecified atom stereocenters. The summed E-state index contributed by atoms with van der Waals surface area (Å²) in [4.78, 5) is 48.2. The molecule has 0 aromatic heterocycles. The molecule has 2 amide bonds. The minimum atomic E-state index is -0.773. The van der Waals surface area contributed by atoms with Crippen molar-refractivity contribution in [1.82, 2.24) is 0 Å². The van der Waals surface area contributed by atoms with Gasteiger partial charge >= 0.3 is 5.97 Å². The number of nitrogens with zero attached hydrogens (tertiary/aromatic N) is 3. The Morgan fingerprint density at radius 3 is 2.70 bits per heavy atom. The van der Waals surface area contributed by atoms with E-state index in [1.165, 1.54) is 17.0 Å². The maximum atomic E-state index is 12.5. The SMILES string of the molecule is N#Cc1cc([N+](=O)[O-])ccc1NC(=O)COC(=O)c1ccccc1N1CCCC1=O. The maximum Gasteiger partial charge on any atom is 0.340 e. The molecule has 152 valence electrons. The van der Waals surface area contributed by atoms with Crippen LogP contribution in [0.15, 0.2) is 42.5 Å². The van der Waals surface area contributed by atoms with Gasteiger partial charge < -0.3 is 15.0 Å². The topological polar surface area (TPSA) is 143 Å². The van der Waals surface area contributed by atoms with Crippen LogP contribution in [0.5, 0.6) is 0 Å². The van der Waals surface area contributed by atoms with Gasteiger partial charge in [0.1, 0.15) is 6.07 Å². The van der Waals surface area contributed by atoms with Crippen LogP contribution in [0.3, 0.4) is 0 Å². The minimum absolute atomic E-state index is 0.0622. The minimum Gasteiger partial charge on any atom is -0.452 e. The van der Waals surface area contributed by atoms with Crippen molar-refractivity contribution in [3.63, 3.8) is 0 Å². The van der Waals surface area contributed by atoms with Gasteiger partial charge in [-0.05, 0) is 24.6 Å². The summed E-state index contributed by atoms with van der Waals surface area (Å²) in [5, 5.41) is 22.3. The Labute approximate surface area is 170 Å². The molecule has 2 aromatic carbocycles. The zero-order valence-electron chi connectivity index (χ0n) is 15.7. The Morgan fingerprint density at radius 2 is 2.03 bits per heavy atom. The van der Waals surface area contributed by atoms with Gasteiger partial charge in [-0.2, -0.15) is 5.26 Å². The molecule has 0 aliphatic carbocycles. The van der Waals surface area contributed by atoms with Gasteiger partial charge in [0.25, 0.3) is 11.6 Å². The summed E-state index contributed by atoms with van der Waals surface area (Å²) in [5.41, 5.74) is 0.263. The van der Waals surface area contributed by atoms with E-state index < -0.39 is 23.4 Å². The smallest absolute Gasteiger partial charge is 0.340 e. The second-order valence-electron chi connectivity index (χ2n) is 6.39. The molecule has 1 saturated heterocycles. The number of carbonyl (C=O) groups is 3. The number of nitro groups is 1. The zero-order chi connectivity index (χ0) is 21.7. The molecule has 1 aliphatic rings. The van der Waals surface area contributed by atoms with E-state index in [1.807, 2.05) is 0 Å². The second-order valence-corrected chi connectivity index (χ2v) is 6.39. The number of non-ortho nitro benzene ring substituents is 1. The first kappa shape index (κ1) is 20.5. The van der Waals surface area contributed by atoms with Gasteiger partial charge in [0.2, 0.25) is 5.91 Å². The molecule has 0 bridgehead atoms. The predicted molar refractivity (Wildman–Crippen MR) is 105 cm³/mol. The highest BCUT2D eigenvalue weighted by atomic mass is 16.6. The molecule has 10 nitrogen and oxygen atoms in total. The van der Waals surface area contributed by atoms with Crippen LogP contribution >= 0.6 is 0 Å². The maximum absolute atomic E-state index is 12.5. The molecule has 0 atom stereocenters. The van der Waals surface area contributed by atoms with Crippen molar-refractivity contribution in [1.29, 1.82) is 5.26 Å². The highest BCUT2D eigenvalue weighted by molar-refractivity contribution is 6.04. The summed E-state index contributed by atoms with van der Waals surface area (Å²) in [6.45, 7) is -0.135. The van der Waals surface area contributed by atoms with Gasteiger partial charge in [-0.1, -0.05) is 12.1 Å². The lowest BCUT2D eigenvalue weighted by molar-refractivity contribution is -0.384. The number of carbonyl (C=O) groups excluding carboxylic acids is 3. The van der Waals surface area contributed by atoms with Crippen LogP contribution in [-0.2, 0) is 14.3 Å². The normalized spacial score (nSPS) is 12.9. The third kappa shape index (κ3) is 4.41. The lowest BCUT2D eigenvalue weighted by Crippen LogP contribution is -2.27. The summed E-state index contributed by atoms with van der Waals surface area (Å²) in [6.07, 6.45) is 1.10. The first-order chi connectivity index (χ1) is 14.4. The number of esters is 1. The Balaban J connectivity index is 1.66. The van der Waals surface area contributed by atoms with Gasteiger partial charge in [-0.15, -0.1) is 0 Å². The Morgan fingerprint density at radius 1 is 1.27 bits per heavy atom. The standard InChI is InChI=1S/C20H16N4O6/c21-11-13-10-14(24(28)29)7-8-16(13)22-18(25)12-30-20(27)15-4-1-2-5-17(15)23-9-3-6-19(23)26/h1-2,4-5,7-8,10H,3,6,9,12H2,(H,22,25). The lowest BCUT2D eigenvalue weighted by Gasteiger charge is -2.18. The number of ether oxygens (including phenoxy) is 1. The summed E-state index contributed by atoms with van der Waals surface area (Å²) in [5.74, 6) is -1.58. The third-order valence-electron chi connectivity index (χ3n) is 4.43. The number of nitrogens with one attached hydrogen (secondary N) is 1. The summed E-state index contributed by atoms with van der Waals surface area (Å²) >= 11 is 0. The van der Waals surface area contributed by atoms with E-state index in [-0.39, 0.29) is 28.4 Å². The molecule has 1 fully saturated rings. The van der Waals surface area contributed by atoms with Crippen LogP contribution in [0.1, 0.15) is 28.8 Å². The molecule has 0 spiro atoms. The fourth-order valence-electron chi connectivity index (χ4n) is 3.03. The van der Waals surface area contributed by atoms with Gasteiger partial charge in [0.05, 0.1) is 27.4 Å². The molecule has 1 aliphatic heterocycles. The van der Waals surface area contributed by atoms with E-state index in [2.05, 4.69) is 5.32 Å². The van der Waals surface area contributed by atoms with Crippen molar-refractivity contribution in [2.45, 2.75) is 12.8 Å². The Kier molecular flexibility index (Phi) is 6.03. The van der Waals surface area contributed by atoms with E-state index in [1.54, 1.807) is 24.3 Å². The zero-order valence-corrected chi connectivity index (χ0v) is 15.7. The van der Waals surface area contributed by atoms with E-state index in [0.717, 1.165) is 12.1 Å². The summed E-state index contributed by atoms with van der Waals surface area (Å²) < 4.78 is 5.05. The van der Waals surface area contributed by atoms with Gasteiger partial charge in [0, 0.05) is 25.1 Å². The molecule has 30 heavy (non-hydrogen) atoms. The van der Waals surface area contributed by atoms with E-state index >= 15 is 0 Å². The average Bonchev–Trinajstić information content (AvgIpc) is 3.17. The third-order valence-corrected chi connectivity index (χ3v) is 4.43. The van der Waals surface area contributed by atoms with E-state index in [9.17, 15) is 24.5 Å². The van der Waals surface area contributed by atoms with Crippen LogP contribution in [0, 0.1) is 21.4 Å². The fraction of sp³-hybridized carbons (Fsp3) is 0.200. The molecule has 2 aromatic rings. The van der Waals surface area contributed by atoms with Crippen molar-refractivity contribution in [3.8, 4) is 6.07 Å². The number of nitro benzene ring substituents is 1. The van der Waals surface area contributed by atoms with Crippen molar-refractivity contribution in [3.05, 3.63) is 63.7 Å². The van der Waals surface area contributed by atoms with Crippen LogP contribution in [0.25, 0.3) is 0 Å². The highest BCUT2D eigenvalue weighted by Gasteiger charge is 2.26. The van der Waals surface area contributed by atoms with Crippen molar-refractivity contribution >= 4 is 34.8 Å². The van der Waals surface area contributed by atoms with Crippen LogP contribution in [-0.4, -0.2) is 35.9 Å². The number of anilines is 2. The Hall–Kier alpha value is -4.26. The molecule has 1 N–H and O–H groups in total. The Bertz CT molecular complexity index is 1080. The van der Waals surface area contributed by atoms with E-state index in [0.29, 0.717) is 25.1 Å². The highest BCUT2D eigenvalue weighted by Crippen LogP contribution is 2.26. The first-order valence-corrected chi connectivity index (χ1v) is 8.95. The van der Waals surface area contributed by atoms with Crippen molar-refractivity contribution in [2.75, 3.05) is 23.4 Å². The largest absolute Gasteiger partial charge is 0.452 e. The van der Waals surface area contributed by atoms with Crippen molar-refractivity contribution < 1.29 is 24.0 Å². The number of amides is 2. The number of para-hydroxylation sites is 1. The molecular formula is C20H16N4O6. The number of benzene rings is 2. The summed E-state index contributed by atoms with van der Waals surface area (Å²) in [7, 11) is 0. The molecule has 1 heterocycles. The molecular weight excluding hydrogens is 392 g/mol. The second kappa shape index (κ2) is 8.83. The number of rotatable bonds is 6. The molecule has 0 saturated carbocycles. The van der Waals surface area contributed by atoms with Crippen LogP contribution in [0.2, 0.25) is 0 Å². The first-order valence-electron chi connectivity index (χ1n) is 8.95. The average molecular weight is 408 g/mol. The van der Waals surface area contributed by atoms with Gasteiger partial charge in [-0.3, -0.25) is 19.7 Å². The number of nitriles is 1. The monoisotopic (exact) mass is 408 g/mol. The fourth-order valence-corrected chi connectivity index (χ4v) is 3.03. The number of hydrogen-bond acceptors (Lipinski definition) is 7. The van der Waals surface area contributed by atoms with Gasteiger partial charge in [-0.25, -0.2) is 4.79 Å². The predicted octanol–water partition coefficient (Wildman–Crippen LogP) is 2.39. The van der Waals surface area contributed by atoms with Crippen molar-refractivity contribution in [2.24, 2.45) is 0 Å².